The van der Waals surface area contributed by atoms with E-state index in [-0.39, 0.29) is 0 Å². The number of aromatic nitrogens is 1. The van der Waals surface area contributed by atoms with Gasteiger partial charge in [-0.05, 0) is 37.5 Å². The average molecular weight is 247 g/mol. The van der Waals surface area contributed by atoms with E-state index in [1.54, 1.807) is 0 Å². The lowest BCUT2D eigenvalue weighted by Crippen LogP contribution is -1.97. The molecular formula is C18H17N. The van der Waals surface area contributed by atoms with Gasteiger partial charge in [0.05, 0.1) is 0 Å². The largest absolute Gasteiger partial charge is 0.337 e. The molecule has 0 bridgehead atoms. The van der Waals surface area contributed by atoms with E-state index in [0.717, 1.165) is 0 Å². The second kappa shape index (κ2) is 3.99. The molecule has 0 radical (unpaired) electrons. The molecule has 4 rings (SSSR count). The minimum Gasteiger partial charge on any atom is -0.337 e. The first kappa shape index (κ1) is 10.9. The number of nitrogens with zero attached hydrogens (tertiary/aromatic N) is 1. The molecule has 1 saturated carbocycles. The van der Waals surface area contributed by atoms with Crippen LogP contribution in [0.25, 0.3) is 22.2 Å². The van der Waals surface area contributed by atoms with Gasteiger partial charge in [0.15, 0.2) is 0 Å². The summed E-state index contributed by atoms with van der Waals surface area (Å²) in [6, 6.07) is 20.5. The molecule has 0 saturated heterocycles. The Hall–Kier alpha value is -2.02. The Bertz CT molecular complexity index is 747. The van der Waals surface area contributed by atoms with Crippen molar-refractivity contribution in [3.63, 3.8) is 0 Å². The zero-order chi connectivity index (χ0) is 12.8. The van der Waals surface area contributed by atoms with Crippen molar-refractivity contribution >= 4 is 10.9 Å². The fourth-order valence-corrected chi connectivity index (χ4v) is 2.97. The van der Waals surface area contributed by atoms with Crippen molar-refractivity contribution in [1.29, 1.82) is 0 Å². The first-order valence-corrected chi connectivity index (χ1v) is 7.00. The Kier molecular flexibility index (Phi) is 2.28. The van der Waals surface area contributed by atoms with Crippen LogP contribution in [0.5, 0.6) is 0 Å². The van der Waals surface area contributed by atoms with Crippen LogP contribution in [0.4, 0.5) is 0 Å². The fraction of sp³-hybridized carbons (Fsp3) is 0.222. The van der Waals surface area contributed by atoms with Crippen LogP contribution < -0.4 is 0 Å². The van der Waals surface area contributed by atoms with Crippen molar-refractivity contribution in [2.75, 3.05) is 0 Å². The van der Waals surface area contributed by atoms with Gasteiger partial charge in [0.2, 0.25) is 0 Å². The van der Waals surface area contributed by atoms with E-state index in [1.165, 1.54) is 40.6 Å². The van der Waals surface area contributed by atoms with Gasteiger partial charge in [-0.2, -0.15) is 0 Å². The molecule has 0 amide bonds. The van der Waals surface area contributed by atoms with Crippen LogP contribution in [0.2, 0.25) is 0 Å². The molecule has 1 aliphatic rings. The lowest BCUT2D eigenvalue weighted by Gasteiger charge is -2.11. The van der Waals surface area contributed by atoms with Gasteiger partial charge in [-0.15, -0.1) is 0 Å². The highest BCUT2D eigenvalue weighted by Crippen LogP contribution is 2.42. The predicted octanol–water partition coefficient (Wildman–Crippen LogP) is 4.95. The molecule has 0 spiro atoms. The van der Waals surface area contributed by atoms with E-state index in [4.69, 9.17) is 0 Å². The average Bonchev–Trinajstić information content (AvgIpc) is 3.19. The zero-order valence-corrected chi connectivity index (χ0v) is 11.1. The number of rotatable bonds is 2. The van der Waals surface area contributed by atoms with Gasteiger partial charge in [-0.3, -0.25) is 0 Å². The smallest absolute Gasteiger partial charge is 0.0496 e. The second-order valence-electron chi connectivity index (χ2n) is 5.50. The molecule has 0 aliphatic heterocycles. The highest BCUT2D eigenvalue weighted by Gasteiger charge is 2.27. The fourth-order valence-electron chi connectivity index (χ4n) is 2.97. The summed E-state index contributed by atoms with van der Waals surface area (Å²) in [5.41, 5.74) is 5.47. The molecule has 3 aromatic rings. The maximum absolute atomic E-state index is 2.54. The molecule has 0 N–H and O–H groups in total. The summed E-state index contributed by atoms with van der Waals surface area (Å²) in [6.45, 7) is 2.20. The number of hydrogen-bond donors (Lipinski definition) is 0. The van der Waals surface area contributed by atoms with Crippen molar-refractivity contribution in [2.24, 2.45) is 0 Å². The molecule has 1 nitrogen and oxygen atoms in total. The van der Waals surface area contributed by atoms with E-state index in [2.05, 4.69) is 66.1 Å². The van der Waals surface area contributed by atoms with Gasteiger partial charge in [0, 0.05) is 28.2 Å². The third kappa shape index (κ3) is 1.69. The van der Waals surface area contributed by atoms with E-state index < -0.39 is 0 Å². The molecule has 0 unspecified atom stereocenters. The Labute approximate surface area is 113 Å². The third-order valence-corrected chi connectivity index (χ3v) is 4.08. The van der Waals surface area contributed by atoms with Crippen molar-refractivity contribution in [3.8, 4) is 11.3 Å². The van der Waals surface area contributed by atoms with Crippen LogP contribution >= 0.6 is 0 Å². The van der Waals surface area contributed by atoms with Crippen LogP contribution in [-0.2, 0) is 0 Å². The van der Waals surface area contributed by atoms with E-state index >= 15 is 0 Å². The summed E-state index contributed by atoms with van der Waals surface area (Å²) in [5, 5.41) is 1.35. The Morgan fingerprint density at radius 3 is 2.47 bits per heavy atom. The summed E-state index contributed by atoms with van der Waals surface area (Å²) >= 11 is 0. The Morgan fingerprint density at radius 1 is 0.947 bits per heavy atom. The minimum absolute atomic E-state index is 0.703. The highest BCUT2D eigenvalue weighted by molar-refractivity contribution is 5.88. The van der Waals surface area contributed by atoms with Crippen molar-refractivity contribution < 1.29 is 0 Å². The molecule has 2 aromatic carbocycles. The standard InChI is InChI=1S/C18H17N/c1-13-6-2-4-8-16(13)18-12-14-7-3-5-9-17(14)19(18)15-10-11-15/h2-9,12,15H,10-11H2,1H3. The second-order valence-corrected chi connectivity index (χ2v) is 5.50. The van der Waals surface area contributed by atoms with Gasteiger partial charge >= 0.3 is 0 Å². The summed E-state index contributed by atoms with van der Waals surface area (Å²) in [5.74, 6) is 0. The maximum Gasteiger partial charge on any atom is 0.0496 e. The van der Waals surface area contributed by atoms with Crippen LogP contribution in [0.1, 0.15) is 24.4 Å². The predicted molar refractivity (Wildman–Crippen MR) is 80.4 cm³/mol. The number of benzene rings is 2. The van der Waals surface area contributed by atoms with Gasteiger partial charge < -0.3 is 4.57 Å². The number of hydrogen-bond acceptors (Lipinski definition) is 0. The number of aryl methyl sites for hydroxylation is 1. The lowest BCUT2D eigenvalue weighted by molar-refractivity contribution is 0.783. The Morgan fingerprint density at radius 2 is 1.68 bits per heavy atom. The first-order chi connectivity index (χ1) is 9.34. The monoisotopic (exact) mass is 247 g/mol. The molecule has 1 heteroatoms. The molecule has 1 aromatic heterocycles. The van der Waals surface area contributed by atoms with Gasteiger partial charge in [-0.1, -0.05) is 42.5 Å². The Balaban J connectivity index is 2.04. The zero-order valence-electron chi connectivity index (χ0n) is 11.1. The summed E-state index contributed by atoms with van der Waals surface area (Å²) in [4.78, 5) is 0. The van der Waals surface area contributed by atoms with E-state index in [0.29, 0.717) is 6.04 Å². The number of fused-ring (bicyclic) bond motifs is 1. The summed E-state index contributed by atoms with van der Waals surface area (Å²) in [6.07, 6.45) is 2.63. The van der Waals surface area contributed by atoms with Crippen molar-refractivity contribution in [2.45, 2.75) is 25.8 Å². The normalized spacial score (nSPS) is 15.0. The lowest BCUT2D eigenvalue weighted by atomic mass is 10.1. The molecule has 1 aliphatic carbocycles. The number of para-hydroxylation sites is 1. The topological polar surface area (TPSA) is 4.93 Å². The first-order valence-electron chi connectivity index (χ1n) is 7.00. The third-order valence-electron chi connectivity index (χ3n) is 4.08. The maximum atomic E-state index is 2.54. The van der Waals surface area contributed by atoms with Crippen molar-refractivity contribution in [1.82, 2.24) is 4.57 Å². The van der Waals surface area contributed by atoms with E-state index in [1.807, 2.05) is 0 Å². The summed E-state index contributed by atoms with van der Waals surface area (Å²) in [7, 11) is 0. The van der Waals surface area contributed by atoms with Crippen LogP contribution in [0.3, 0.4) is 0 Å². The summed E-state index contributed by atoms with van der Waals surface area (Å²) < 4.78 is 2.54. The molecule has 1 heterocycles. The SMILES string of the molecule is Cc1ccccc1-c1cc2ccccc2n1C1CC1. The molecule has 19 heavy (non-hydrogen) atoms. The highest BCUT2D eigenvalue weighted by atomic mass is 15.1. The van der Waals surface area contributed by atoms with Gasteiger partial charge in [-0.25, -0.2) is 0 Å². The van der Waals surface area contributed by atoms with Gasteiger partial charge in [0.1, 0.15) is 0 Å². The van der Waals surface area contributed by atoms with E-state index in [9.17, 15) is 0 Å². The van der Waals surface area contributed by atoms with Crippen LogP contribution in [0, 0.1) is 6.92 Å². The quantitative estimate of drug-likeness (QED) is 0.603. The molecule has 0 atom stereocenters. The molecule has 1 fully saturated rings. The molecule has 94 valence electrons. The molecular weight excluding hydrogens is 230 g/mol. The van der Waals surface area contributed by atoms with Gasteiger partial charge in [0.25, 0.3) is 0 Å². The minimum atomic E-state index is 0.703. The van der Waals surface area contributed by atoms with Crippen LogP contribution in [0.15, 0.2) is 54.6 Å². The van der Waals surface area contributed by atoms with Crippen molar-refractivity contribution in [3.05, 3.63) is 60.2 Å². The van der Waals surface area contributed by atoms with Crippen LogP contribution in [-0.4, -0.2) is 4.57 Å².